The zero-order valence-corrected chi connectivity index (χ0v) is 19.2. The number of fused-ring (bicyclic) bond motifs is 1. The number of nitrogens with zero attached hydrogens (tertiary/aromatic N) is 1. The van der Waals surface area contributed by atoms with E-state index in [1.165, 1.54) is 12.1 Å². The van der Waals surface area contributed by atoms with Crippen LogP contribution in [0.25, 0.3) is 0 Å². The monoisotopic (exact) mass is 488 g/mol. The molecule has 1 atom stereocenters. The van der Waals surface area contributed by atoms with Crippen LogP contribution in [0, 0.1) is 11.8 Å². The fraction of sp³-hybridized carbons (Fsp3) is 0.500. The Morgan fingerprint density at radius 3 is 2.17 bits per heavy atom. The first-order chi connectivity index (χ1) is 17.0. The number of rotatable bonds is 13. The van der Waals surface area contributed by atoms with E-state index in [0.717, 1.165) is 4.90 Å². The molecule has 1 aromatic carbocycles. The van der Waals surface area contributed by atoms with Gasteiger partial charge >= 0.3 is 0 Å². The molecule has 0 bridgehead atoms. The Balaban J connectivity index is 1.37. The molecule has 1 unspecified atom stereocenters. The molecule has 1 fully saturated rings. The highest BCUT2D eigenvalue weighted by Gasteiger charge is 2.44. The predicted octanol–water partition coefficient (Wildman–Crippen LogP) is -0.502. The molecule has 2 heterocycles. The van der Waals surface area contributed by atoms with E-state index in [0.29, 0.717) is 51.8 Å². The second kappa shape index (κ2) is 13.7. The van der Waals surface area contributed by atoms with Gasteiger partial charge in [0.1, 0.15) is 12.6 Å². The van der Waals surface area contributed by atoms with Gasteiger partial charge in [0.15, 0.2) is 0 Å². The topological polar surface area (TPSA) is 141 Å². The van der Waals surface area contributed by atoms with E-state index in [-0.39, 0.29) is 37.2 Å². The van der Waals surface area contributed by atoms with Gasteiger partial charge in [0, 0.05) is 12.0 Å². The molecule has 0 spiro atoms. The Hall–Kier alpha value is -3.14. The quantitative estimate of drug-likeness (QED) is 0.214. The lowest BCUT2D eigenvalue weighted by molar-refractivity contribution is -0.136. The first-order valence-electron chi connectivity index (χ1n) is 11.3. The molecule has 2 N–H and O–H groups in total. The van der Waals surface area contributed by atoms with Gasteiger partial charge < -0.3 is 24.1 Å². The third-order valence-electron chi connectivity index (χ3n) is 5.20. The second-order valence-electron chi connectivity index (χ2n) is 7.62. The fourth-order valence-electron chi connectivity index (χ4n) is 3.53. The minimum atomic E-state index is -0.997. The van der Waals surface area contributed by atoms with Gasteiger partial charge in [-0.05, 0) is 24.6 Å². The Morgan fingerprint density at radius 1 is 0.886 bits per heavy atom. The maximum Gasteiger partial charge on any atom is 0.262 e. The van der Waals surface area contributed by atoms with Crippen LogP contribution in [0.5, 0.6) is 0 Å². The van der Waals surface area contributed by atoms with Crippen LogP contribution in [0.3, 0.4) is 0 Å². The first kappa shape index (κ1) is 26.5. The van der Waals surface area contributed by atoms with Crippen molar-refractivity contribution in [3.63, 3.8) is 0 Å². The van der Waals surface area contributed by atoms with Crippen LogP contribution in [0.2, 0.25) is 0 Å². The Bertz CT molecular complexity index is 998. The lowest BCUT2D eigenvalue weighted by atomic mass is 10.0. The summed E-state index contributed by atoms with van der Waals surface area (Å²) in [5, 5.41) is 10.7. The highest BCUT2D eigenvalue weighted by atomic mass is 16.6. The minimum Gasteiger partial charge on any atom is -0.394 e. The maximum atomic E-state index is 12.8. The normalized spacial score (nSPS) is 17.3. The van der Waals surface area contributed by atoms with Crippen molar-refractivity contribution in [2.24, 2.45) is 0 Å². The van der Waals surface area contributed by atoms with E-state index >= 15 is 0 Å². The van der Waals surface area contributed by atoms with Gasteiger partial charge in [-0.3, -0.25) is 29.4 Å². The Morgan fingerprint density at radius 2 is 1.51 bits per heavy atom. The first-order valence-corrected chi connectivity index (χ1v) is 11.3. The second-order valence-corrected chi connectivity index (χ2v) is 7.62. The zero-order valence-electron chi connectivity index (χ0n) is 19.2. The summed E-state index contributed by atoms with van der Waals surface area (Å²) >= 11 is 0. The van der Waals surface area contributed by atoms with Gasteiger partial charge in [-0.2, -0.15) is 0 Å². The number of imide groups is 2. The largest absolute Gasteiger partial charge is 0.394 e. The summed E-state index contributed by atoms with van der Waals surface area (Å²) in [6, 6.07) is 3.67. The number of aliphatic hydroxyl groups is 1. The van der Waals surface area contributed by atoms with Crippen LogP contribution in [-0.4, -0.2) is 99.1 Å². The average molecular weight is 488 g/mol. The number of ether oxygens (including phenoxy) is 4. The highest BCUT2D eigenvalue weighted by molar-refractivity contribution is 6.23. The Kier molecular flexibility index (Phi) is 10.3. The summed E-state index contributed by atoms with van der Waals surface area (Å²) in [7, 11) is 0. The standard InChI is InChI=1S/C24H28N2O9/c27-7-9-33-11-13-35-15-14-34-12-10-32-8-1-2-17-3-4-18-19(16-17)24(31)26(23(18)30)20-5-6-21(28)25-22(20)29/h3-4,16,20,27H,5-15H2,(H,25,28,29). The molecule has 35 heavy (non-hydrogen) atoms. The third-order valence-corrected chi connectivity index (χ3v) is 5.20. The molecule has 11 nitrogen and oxygen atoms in total. The molecular weight excluding hydrogens is 460 g/mol. The number of carbonyl (C=O) groups excluding carboxylic acids is 4. The van der Waals surface area contributed by atoms with E-state index in [1.807, 2.05) is 0 Å². The van der Waals surface area contributed by atoms with Gasteiger partial charge in [-0.25, -0.2) is 0 Å². The van der Waals surface area contributed by atoms with Gasteiger partial charge in [0.25, 0.3) is 11.8 Å². The Labute approximate surface area is 202 Å². The van der Waals surface area contributed by atoms with Crippen LogP contribution in [0.1, 0.15) is 39.1 Å². The van der Waals surface area contributed by atoms with E-state index in [1.54, 1.807) is 6.07 Å². The van der Waals surface area contributed by atoms with Crippen LogP contribution in [0.4, 0.5) is 0 Å². The number of benzene rings is 1. The summed E-state index contributed by atoms with van der Waals surface area (Å²) in [5.41, 5.74) is 0.929. The van der Waals surface area contributed by atoms with Crippen molar-refractivity contribution in [3.8, 4) is 11.8 Å². The van der Waals surface area contributed by atoms with Gasteiger partial charge in [0.05, 0.1) is 64.0 Å². The van der Waals surface area contributed by atoms with Crippen LogP contribution in [0.15, 0.2) is 18.2 Å². The van der Waals surface area contributed by atoms with Gasteiger partial charge in [0.2, 0.25) is 11.8 Å². The van der Waals surface area contributed by atoms with Crippen molar-refractivity contribution >= 4 is 23.6 Å². The summed E-state index contributed by atoms with van der Waals surface area (Å²) in [6.45, 7) is 2.91. The lowest BCUT2D eigenvalue weighted by Crippen LogP contribution is -2.54. The summed E-state index contributed by atoms with van der Waals surface area (Å²) in [4.78, 5) is 49.9. The van der Waals surface area contributed by atoms with E-state index < -0.39 is 29.7 Å². The molecule has 188 valence electrons. The fourth-order valence-corrected chi connectivity index (χ4v) is 3.53. The molecule has 11 heteroatoms. The van der Waals surface area contributed by atoms with Crippen LogP contribution >= 0.6 is 0 Å². The number of piperidine rings is 1. The molecule has 1 aromatic rings. The highest BCUT2D eigenvalue weighted by Crippen LogP contribution is 2.28. The number of aliphatic hydroxyl groups excluding tert-OH is 1. The smallest absolute Gasteiger partial charge is 0.262 e. The summed E-state index contributed by atoms with van der Waals surface area (Å²) in [6.07, 6.45) is 0.179. The number of hydrogen-bond donors (Lipinski definition) is 2. The molecule has 1 saturated heterocycles. The molecule has 3 rings (SSSR count). The van der Waals surface area contributed by atoms with Gasteiger partial charge in [-0.15, -0.1) is 0 Å². The molecule has 4 amide bonds. The van der Waals surface area contributed by atoms with Crippen molar-refractivity contribution in [2.45, 2.75) is 18.9 Å². The van der Waals surface area contributed by atoms with Crippen molar-refractivity contribution in [1.29, 1.82) is 0 Å². The number of hydrogen-bond acceptors (Lipinski definition) is 9. The van der Waals surface area contributed by atoms with Crippen molar-refractivity contribution < 1.29 is 43.2 Å². The zero-order chi connectivity index (χ0) is 25.0. The van der Waals surface area contributed by atoms with Crippen LogP contribution in [-0.2, 0) is 28.5 Å². The summed E-state index contributed by atoms with van der Waals surface area (Å²) in [5.74, 6) is 3.55. The maximum absolute atomic E-state index is 12.8. The number of amides is 4. The minimum absolute atomic E-state index is 0.00723. The van der Waals surface area contributed by atoms with E-state index in [2.05, 4.69) is 17.2 Å². The molecule has 0 aliphatic carbocycles. The van der Waals surface area contributed by atoms with Crippen molar-refractivity contribution in [3.05, 3.63) is 34.9 Å². The molecule has 0 aromatic heterocycles. The van der Waals surface area contributed by atoms with Crippen molar-refractivity contribution in [2.75, 3.05) is 59.5 Å². The van der Waals surface area contributed by atoms with E-state index in [9.17, 15) is 19.2 Å². The molecule has 0 radical (unpaired) electrons. The third kappa shape index (κ3) is 7.42. The van der Waals surface area contributed by atoms with E-state index in [4.69, 9.17) is 24.1 Å². The van der Waals surface area contributed by atoms with Crippen molar-refractivity contribution in [1.82, 2.24) is 10.2 Å². The average Bonchev–Trinajstić information content (AvgIpc) is 3.09. The number of carbonyl (C=O) groups is 4. The molecular formula is C24H28N2O9. The molecule has 2 aliphatic heterocycles. The van der Waals surface area contributed by atoms with Gasteiger partial charge in [-0.1, -0.05) is 11.8 Å². The lowest BCUT2D eigenvalue weighted by Gasteiger charge is -2.27. The molecule has 2 aliphatic rings. The predicted molar refractivity (Wildman–Crippen MR) is 120 cm³/mol. The summed E-state index contributed by atoms with van der Waals surface area (Å²) < 4.78 is 21.1. The number of nitrogens with one attached hydrogen (secondary N) is 1. The SMILES string of the molecule is O=C1CCC(N2C(=O)c3ccc(C#CCOCCOCCOCCOCCO)cc3C2=O)C(=O)N1. The molecule has 0 saturated carbocycles. The van der Waals surface area contributed by atoms with Crippen LogP contribution < -0.4 is 5.32 Å².